The van der Waals surface area contributed by atoms with Gasteiger partial charge < -0.3 is 10.1 Å². The first kappa shape index (κ1) is 26.5. The summed E-state index contributed by atoms with van der Waals surface area (Å²) in [5.74, 6) is -1.52. The Hall–Kier alpha value is -4.15. The number of hydrogen-bond donors (Lipinski definition) is 2. The van der Waals surface area contributed by atoms with Crippen LogP contribution in [0.2, 0.25) is 0 Å². The molecule has 4 aromatic rings. The lowest BCUT2D eigenvalue weighted by molar-refractivity contribution is 0.159. The standard InChI is InChI=1S/C29H30F2N6O2/c1-19-27(25-10-6-7-13-32-25)35-37(21-8-4-3-5-9-21)28(19)34-29(38)33-26-18-36(14-15-39-2)17-22(26)20-11-12-23(30)24(31)16-20/h3-13,16,22,26H,14-15,17-18H2,1-2H3,(H2,33,34,38)/t22-,26+/m0/s1. The van der Waals surface area contributed by atoms with Gasteiger partial charge in [0.25, 0.3) is 0 Å². The first-order chi connectivity index (χ1) is 18.9. The SMILES string of the molecule is COCCN1C[C@@H](NC(=O)Nc2c(C)c(-c3ccccn3)nn2-c2ccccc2)[C@H](c2ccc(F)c(F)c2)C1. The summed E-state index contributed by atoms with van der Waals surface area (Å²) >= 11 is 0. The molecule has 5 rings (SSSR count). The quantitative estimate of drug-likeness (QED) is 0.342. The molecule has 0 spiro atoms. The zero-order valence-corrected chi connectivity index (χ0v) is 21.8. The number of aromatic nitrogens is 3. The normalized spacial score (nSPS) is 17.3. The summed E-state index contributed by atoms with van der Waals surface area (Å²) in [4.78, 5) is 20.0. The number of pyridine rings is 1. The summed E-state index contributed by atoms with van der Waals surface area (Å²) in [6.45, 7) is 4.18. The molecule has 2 amide bonds. The van der Waals surface area contributed by atoms with Crippen molar-refractivity contribution in [2.75, 3.05) is 38.7 Å². The number of rotatable bonds is 8. The van der Waals surface area contributed by atoms with Gasteiger partial charge >= 0.3 is 6.03 Å². The Morgan fingerprint density at radius 2 is 1.85 bits per heavy atom. The third-order valence-corrected chi connectivity index (χ3v) is 6.96. The van der Waals surface area contributed by atoms with E-state index in [-0.39, 0.29) is 12.0 Å². The molecule has 0 bridgehead atoms. The average Bonchev–Trinajstić information content (AvgIpc) is 3.50. The molecule has 1 saturated heterocycles. The minimum atomic E-state index is -0.907. The molecule has 1 aliphatic rings. The number of para-hydroxylation sites is 1. The van der Waals surface area contributed by atoms with Gasteiger partial charge in [0, 0.05) is 44.4 Å². The van der Waals surface area contributed by atoms with Crippen LogP contribution < -0.4 is 10.6 Å². The van der Waals surface area contributed by atoms with Crippen molar-refractivity contribution < 1.29 is 18.3 Å². The molecule has 0 saturated carbocycles. The molecule has 0 radical (unpaired) electrons. The fraction of sp³-hybridized carbons (Fsp3) is 0.276. The largest absolute Gasteiger partial charge is 0.383 e. The predicted octanol–water partition coefficient (Wildman–Crippen LogP) is 4.76. The molecule has 39 heavy (non-hydrogen) atoms. The Morgan fingerprint density at radius 1 is 1.05 bits per heavy atom. The number of nitrogens with one attached hydrogen (secondary N) is 2. The maximum absolute atomic E-state index is 14.1. The van der Waals surface area contributed by atoms with Gasteiger partial charge in [0.05, 0.1) is 24.0 Å². The second-order valence-corrected chi connectivity index (χ2v) is 9.52. The molecule has 0 unspecified atom stereocenters. The number of likely N-dealkylation sites (tertiary alicyclic amines) is 1. The van der Waals surface area contributed by atoms with Gasteiger partial charge in [0.15, 0.2) is 11.6 Å². The number of urea groups is 1. The van der Waals surface area contributed by atoms with E-state index in [0.717, 1.165) is 17.3 Å². The van der Waals surface area contributed by atoms with Gasteiger partial charge in [-0.3, -0.25) is 15.2 Å². The van der Waals surface area contributed by atoms with Gasteiger partial charge in [-0.15, -0.1) is 0 Å². The number of nitrogens with zero attached hydrogens (tertiary/aromatic N) is 4. The molecule has 2 aromatic carbocycles. The third kappa shape index (κ3) is 5.81. The summed E-state index contributed by atoms with van der Waals surface area (Å²) in [6.07, 6.45) is 1.70. The number of anilines is 1. The Morgan fingerprint density at radius 3 is 2.56 bits per heavy atom. The van der Waals surface area contributed by atoms with Crippen molar-refractivity contribution in [3.05, 3.63) is 95.7 Å². The molecule has 1 fully saturated rings. The van der Waals surface area contributed by atoms with Gasteiger partial charge in [-0.1, -0.05) is 30.3 Å². The number of ether oxygens (including phenoxy) is 1. The van der Waals surface area contributed by atoms with Crippen molar-refractivity contribution >= 4 is 11.8 Å². The second kappa shape index (κ2) is 11.7. The highest BCUT2D eigenvalue weighted by Crippen LogP contribution is 2.31. The molecule has 8 nitrogen and oxygen atoms in total. The monoisotopic (exact) mass is 532 g/mol. The van der Waals surface area contributed by atoms with E-state index in [9.17, 15) is 13.6 Å². The Balaban J connectivity index is 1.42. The van der Waals surface area contributed by atoms with Crippen molar-refractivity contribution in [1.29, 1.82) is 0 Å². The van der Waals surface area contributed by atoms with E-state index < -0.39 is 17.7 Å². The molecule has 10 heteroatoms. The lowest BCUT2D eigenvalue weighted by Crippen LogP contribution is -2.42. The molecule has 2 N–H and O–H groups in total. The van der Waals surface area contributed by atoms with E-state index in [2.05, 4.69) is 20.5 Å². The maximum Gasteiger partial charge on any atom is 0.320 e. The van der Waals surface area contributed by atoms with Crippen molar-refractivity contribution in [3.63, 3.8) is 0 Å². The Bertz CT molecular complexity index is 1430. The van der Waals surface area contributed by atoms with Crippen LogP contribution in [-0.2, 0) is 4.74 Å². The lowest BCUT2D eigenvalue weighted by Gasteiger charge is -2.21. The Labute approximate surface area is 225 Å². The van der Waals surface area contributed by atoms with E-state index in [1.165, 1.54) is 6.07 Å². The molecule has 3 heterocycles. The van der Waals surface area contributed by atoms with E-state index in [1.807, 2.05) is 55.5 Å². The van der Waals surface area contributed by atoms with Crippen LogP contribution in [0.25, 0.3) is 17.1 Å². The van der Waals surface area contributed by atoms with Crippen molar-refractivity contribution in [2.45, 2.75) is 18.9 Å². The third-order valence-electron chi connectivity index (χ3n) is 6.96. The number of halogens is 2. The average molecular weight is 533 g/mol. The van der Waals surface area contributed by atoms with E-state index in [0.29, 0.717) is 49.0 Å². The maximum atomic E-state index is 14.1. The highest BCUT2D eigenvalue weighted by atomic mass is 19.2. The van der Waals surface area contributed by atoms with E-state index in [1.54, 1.807) is 24.1 Å². The van der Waals surface area contributed by atoms with Crippen LogP contribution in [0.1, 0.15) is 17.0 Å². The fourth-order valence-corrected chi connectivity index (χ4v) is 4.97. The van der Waals surface area contributed by atoms with Gasteiger partial charge in [0.2, 0.25) is 0 Å². The van der Waals surface area contributed by atoms with Crippen molar-refractivity contribution in [2.24, 2.45) is 0 Å². The summed E-state index contributed by atoms with van der Waals surface area (Å²) in [7, 11) is 1.63. The minimum Gasteiger partial charge on any atom is -0.383 e. The summed E-state index contributed by atoms with van der Waals surface area (Å²) in [5.41, 5.74) is 3.52. The number of amides is 2. The summed E-state index contributed by atoms with van der Waals surface area (Å²) in [5, 5.41) is 10.8. The van der Waals surface area contributed by atoms with Crippen LogP contribution in [0.4, 0.5) is 19.4 Å². The topological polar surface area (TPSA) is 84.3 Å². The molecular weight excluding hydrogens is 502 g/mol. The van der Waals surface area contributed by atoms with Crippen LogP contribution in [0.5, 0.6) is 0 Å². The zero-order chi connectivity index (χ0) is 27.4. The highest BCUT2D eigenvalue weighted by Gasteiger charge is 2.35. The summed E-state index contributed by atoms with van der Waals surface area (Å²) in [6, 6.07) is 18.3. The van der Waals surface area contributed by atoms with Crippen LogP contribution in [0.15, 0.2) is 72.9 Å². The highest BCUT2D eigenvalue weighted by molar-refractivity contribution is 5.91. The van der Waals surface area contributed by atoms with Gasteiger partial charge in [-0.05, 0) is 48.9 Å². The Kier molecular flexibility index (Phi) is 7.94. The first-order valence-corrected chi connectivity index (χ1v) is 12.7. The summed E-state index contributed by atoms with van der Waals surface area (Å²) < 4.78 is 34.6. The number of methoxy groups -OCH3 is 1. The van der Waals surface area contributed by atoms with E-state index in [4.69, 9.17) is 9.84 Å². The second-order valence-electron chi connectivity index (χ2n) is 9.52. The number of benzene rings is 2. The van der Waals surface area contributed by atoms with Gasteiger partial charge in [-0.2, -0.15) is 5.10 Å². The minimum absolute atomic E-state index is 0.230. The molecule has 2 atom stereocenters. The van der Waals surface area contributed by atoms with Gasteiger partial charge in [0.1, 0.15) is 11.5 Å². The molecular formula is C29H30F2N6O2. The lowest BCUT2D eigenvalue weighted by atomic mass is 9.94. The smallest absolute Gasteiger partial charge is 0.320 e. The number of carbonyl (C=O) groups excluding carboxylic acids is 1. The fourth-order valence-electron chi connectivity index (χ4n) is 4.97. The molecule has 2 aromatic heterocycles. The van der Waals surface area contributed by atoms with Crippen molar-refractivity contribution in [1.82, 2.24) is 25.0 Å². The number of carbonyl (C=O) groups is 1. The first-order valence-electron chi connectivity index (χ1n) is 12.7. The number of hydrogen-bond acceptors (Lipinski definition) is 5. The molecule has 0 aliphatic carbocycles. The molecule has 1 aliphatic heterocycles. The van der Waals surface area contributed by atoms with Gasteiger partial charge in [-0.25, -0.2) is 18.3 Å². The van der Waals surface area contributed by atoms with Crippen LogP contribution >= 0.6 is 0 Å². The van der Waals surface area contributed by atoms with Crippen LogP contribution in [-0.4, -0.2) is 65.1 Å². The van der Waals surface area contributed by atoms with Crippen LogP contribution in [0, 0.1) is 18.6 Å². The zero-order valence-electron chi connectivity index (χ0n) is 21.8. The predicted molar refractivity (Wildman–Crippen MR) is 145 cm³/mol. The van der Waals surface area contributed by atoms with Crippen molar-refractivity contribution in [3.8, 4) is 17.1 Å². The van der Waals surface area contributed by atoms with E-state index >= 15 is 0 Å². The molecule has 202 valence electrons. The van der Waals surface area contributed by atoms with Crippen LogP contribution in [0.3, 0.4) is 0 Å².